The highest BCUT2D eigenvalue weighted by molar-refractivity contribution is 5.63. The van der Waals surface area contributed by atoms with Crippen LogP contribution in [0.2, 0.25) is 0 Å². The number of piperidine rings is 1. The van der Waals surface area contributed by atoms with Crippen molar-refractivity contribution in [2.75, 3.05) is 20.1 Å². The average molecular weight is 374 g/mol. The minimum absolute atomic E-state index is 0.0699. The molecule has 0 saturated carbocycles. The molecule has 4 rings (SSSR count). The van der Waals surface area contributed by atoms with E-state index in [1.807, 2.05) is 30.6 Å². The van der Waals surface area contributed by atoms with Gasteiger partial charge in [0.1, 0.15) is 0 Å². The Balaban J connectivity index is 1.66. The van der Waals surface area contributed by atoms with E-state index in [0.717, 1.165) is 42.8 Å². The van der Waals surface area contributed by atoms with Crippen LogP contribution in [-0.4, -0.2) is 35.2 Å². The lowest BCUT2D eigenvalue weighted by atomic mass is 9.79. The summed E-state index contributed by atoms with van der Waals surface area (Å²) in [7, 11) is 2.14. The van der Waals surface area contributed by atoms with Crippen LogP contribution in [-0.2, 0) is 5.54 Å². The van der Waals surface area contributed by atoms with Crippen LogP contribution in [0.1, 0.15) is 24.0 Å². The molecule has 2 heterocycles. The molecule has 1 aliphatic heterocycles. The van der Waals surface area contributed by atoms with Crippen molar-refractivity contribution in [1.29, 1.82) is 0 Å². The Labute approximate surface area is 166 Å². The van der Waals surface area contributed by atoms with Crippen LogP contribution in [0.25, 0.3) is 16.8 Å². The number of benzene rings is 2. The maximum absolute atomic E-state index is 6.42. The van der Waals surface area contributed by atoms with Crippen molar-refractivity contribution in [2.24, 2.45) is 5.73 Å². The van der Waals surface area contributed by atoms with Gasteiger partial charge < -0.3 is 16.0 Å². The molecule has 1 aromatic heterocycles. The summed E-state index contributed by atoms with van der Waals surface area (Å²) in [5.41, 5.74) is 11.8. The number of rotatable bonds is 5. The minimum atomic E-state index is -0.0699. The van der Waals surface area contributed by atoms with Gasteiger partial charge in [0.05, 0.1) is 17.4 Å². The van der Waals surface area contributed by atoms with Crippen LogP contribution in [0.5, 0.6) is 0 Å². The van der Waals surface area contributed by atoms with Crippen molar-refractivity contribution in [3.05, 3.63) is 84.3 Å². The summed E-state index contributed by atoms with van der Waals surface area (Å²) < 4.78 is 0. The highest BCUT2D eigenvalue weighted by Gasteiger charge is 2.36. The number of hydrogen-bond donors (Lipinski definition) is 3. The molecule has 144 valence electrons. The zero-order chi connectivity index (χ0) is 19.4. The van der Waals surface area contributed by atoms with E-state index >= 15 is 0 Å². The molecular weight excluding hydrogens is 346 g/mol. The summed E-state index contributed by atoms with van der Waals surface area (Å²) in [5, 5.41) is 10.4. The highest BCUT2D eigenvalue weighted by atomic mass is 15.2. The number of nitrogens with two attached hydrogens (primary N) is 1. The van der Waals surface area contributed by atoms with Crippen LogP contribution in [0.3, 0.4) is 0 Å². The molecule has 28 heavy (non-hydrogen) atoms. The number of aromatic amines is 1. The van der Waals surface area contributed by atoms with E-state index in [4.69, 9.17) is 5.73 Å². The SMILES string of the molecule is CN(/C=C(\N)c1ccccc1)C1(c2ccc(-c3cn[nH]c3)cc2)CCNCC1. The first-order valence-corrected chi connectivity index (χ1v) is 9.75. The summed E-state index contributed by atoms with van der Waals surface area (Å²) in [4.78, 5) is 2.31. The van der Waals surface area contributed by atoms with Gasteiger partial charge in [-0.2, -0.15) is 5.10 Å². The van der Waals surface area contributed by atoms with Gasteiger partial charge in [0.2, 0.25) is 0 Å². The third kappa shape index (κ3) is 3.53. The Kier molecular flexibility index (Phi) is 5.17. The summed E-state index contributed by atoms with van der Waals surface area (Å²) in [5.74, 6) is 0. The average Bonchev–Trinajstić information content (AvgIpc) is 3.30. The molecule has 0 spiro atoms. The van der Waals surface area contributed by atoms with Crippen molar-refractivity contribution >= 4 is 5.70 Å². The number of nitrogens with zero attached hydrogens (tertiary/aromatic N) is 2. The first kappa shape index (κ1) is 18.3. The van der Waals surface area contributed by atoms with E-state index in [1.165, 1.54) is 11.1 Å². The fourth-order valence-corrected chi connectivity index (χ4v) is 4.10. The maximum Gasteiger partial charge on any atom is 0.0669 e. The summed E-state index contributed by atoms with van der Waals surface area (Å²) in [6.07, 6.45) is 7.93. The molecule has 1 aliphatic rings. The Morgan fingerprint density at radius 2 is 1.75 bits per heavy atom. The van der Waals surface area contributed by atoms with E-state index in [9.17, 15) is 0 Å². The van der Waals surface area contributed by atoms with E-state index in [-0.39, 0.29) is 5.54 Å². The van der Waals surface area contributed by atoms with Crippen LogP contribution >= 0.6 is 0 Å². The third-order valence-electron chi connectivity index (χ3n) is 5.80. The van der Waals surface area contributed by atoms with Gasteiger partial charge >= 0.3 is 0 Å². The van der Waals surface area contributed by atoms with Gasteiger partial charge in [0, 0.05) is 25.0 Å². The lowest BCUT2D eigenvalue weighted by Crippen LogP contribution is -2.49. The normalized spacial score (nSPS) is 16.7. The molecule has 0 bridgehead atoms. The first-order chi connectivity index (χ1) is 13.7. The summed E-state index contributed by atoms with van der Waals surface area (Å²) >= 11 is 0. The third-order valence-corrected chi connectivity index (χ3v) is 5.80. The zero-order valence-corrected chi connectivity index (χ0v) is 16.2. The highest BCUT2D eigenvalue weighted by Crippen LogP contribution is 2.38. The van der Waals surface area contributed by atoms with Gasteiger partial charge in [-0.25, -0.2) is 0 Å². The standard InChI is InChI=1S/C23H27N5/c1-28(17-22(24)19-5-3-2-4-6-19)23(11-13-25-14-12-23)21-9-7-18(8-10-21)20-15-26-27-16-20/h2-10,15-17,25H,11-14,24H2,1H3,(H,26,27)/b22-17-. The lowest BCUT2D eigenvalue weighted by Gasteiger charge is -2.45. The quantitative estimate of drug-likeness (QED) is 0.640. The molecule has 0 amide bonds. The molecule has 0 atom stereocenters. The molecular formula is C23H27N5. The fourth-order valence-electron chi connectivity index (χ4n) is 4.10. The molecule has 0 unspecified atom stereocenters. The van der Waals surface area contributed by atoms with Gasteiger partial charge in [-0.05, 0) is 42.6 Å². The molecule has 0 aliphatic carbocycles. The Morgan fingerprint density at radius 3 is 2.39 bits per heavy atom. The molecule has 3 aromatic rings. The van der Waals surface area contributed by atoms with E-state index in [0.29, 0.717) is 0 Å². The maximum atomic E-state index is 6.42. The predicted molar refractivity (Wildman–Crippen MR) is 114 cm³/mol. The topological polar surface area (TPSA) is 70.0 Å². The van der Waals surface area contributed by atoms with E-state index in [1.54, 1.807) is 0 Å². The molecule has 1 fully saturated rings. The van der Waals surface area contributed by atoms with Gasteiger partial charge in [-0.15, -0.1) is 0 Å². The first-order valence-electron chi connectivity index (χ1n) is 9.75. The second kappa shape index (κ2) is 7.90. The number of aromatic nitrogens is 2. The van der Waals surface area contributed by atoms with Gasteiger partial charge in [0.25, 0.3) is 0 Å². The van der Waals surface area contributed by atoms with Crippen molar-refractivity contribution in [3.63, 3.8) is 0 Å². The predicted octanol–water partition coefficient (Wildman–Crippen LogP) is 3.54. The Bertz CT molecular complexity index is 907. The fraction of sp³-hybridized carbons (Fsp3) is 0.261. The second-order valence-electron chi connectivity index (χ2n) is 7.41. The minimum Gasteiger partial charge on any atom is -0.397 e. The molecule has 4 N–H and O–H groups in total. The molecule has 1 saturated heterocycles. The van der Waals surface area contributed by atoms with Gasteiger partial charge in [-0.3, -0.25) is 5.10 Å². The second-order valence-corrected chi connectivity index (χ2v) is 7.41. The summed E-state index contributed by atoms with van der Waals surface area (Å²) in [6.45, 7) is 1.99. The van der Waals surface area contributed by atoms with E-state index < -0.39 is 0 Å². The van der Waals surface area contributed by atoms with Crippen molar-refractivity contribution < 1.29 is 0 Å². The molecule has 5 heteroatoms. The zero-order valence-electron chi connectivity index (χ0n) is 16.2. The van der Waals surface area contributed by atoms with Crippen molar-refractivity contribution in [3.8, 4) is 11.1 Å². The number of H-pyrrole nitrogens is 1. The van der Waals surface area contributed by atoms with Crippen LogP contribution in [0.15, 0.2) is 73.2 Å². The monoisotopic (exact) mass is 373 g/mol. The molecule has 0 radical (unpaired) electrons. The lowest BCUT2D eigenvalue weighted by molar-refractivity contribution is 0.128. The smallest absolute Gasteiger partial charge is 0.0669 e. The van der Waals surface area contributed by atoms with Crippen LogP contribution in [0.4, 0.5) is 0 Å². The van der Waals surface area contributed by atoms with Crippen LogP contribution in [0, 0.1) is 0 Å². The molecule has 5 nitrogen and oxygen atoms in total. The van der Waals surface area contributed by atoms with Crippen molar-refractivity contribution in [2.45, 2.75) is 18.4 Å². The number of nitrogens with one attached hydrogen (secondary N) is 2. The van der Waals surface area contributed by atoms with Crippen molar-refractivity contribution in [1.82, 2.24) is 20.4 Å². The Morgan fingerprint density at radius 1 is 1.04 bits per heavy atom. The van der Waals surface area contributed by atoms with Gasteiger partial charge in [-0.1, -0.05) is 54.6 Å². The van der Waals surface area contributed by atoms with Crippen LogP contribution < -0.4 is 11.1 Å². The van der Waals surface area contributed by atoms with Gasteiger partial charge in [0.15, 0.2) is 0 Å². The van der Waals surface area contributed by atoms with E-state index in [2.05, 4.69) is 70.1 Å². The summed E-state index contributed by atoms with van der Waals surface area (Å²) in [6, 6.07) is 19.0. The number of hydrogen-bond acceptors (Lipinski definition) is 4. The molecule has 2 aromatic carbocycles. The Hall–Kier alpha value is -3.05. The largest absolute Gasteiger partial charge is 0.397 e.